The second-order valence-electron chi connectivity index (χ2n) is 5.23. The summed E-state index contributed by atoms with van der Waals surface area (Å²) in [5, 5.41) is 2.21. The van der Waals surface area contributed by atoms with Crippen LogP contribution in [0.25, 0.3) is 6.08 Å². The number of carbonyl (C=O) groups is 3. The standard InChI is InChI=1S/C16H16N2O6S/c1-22-8-14(19)17-4-5-18-15(20)13(25-16(18)21)7-10-2-3-11-12(6-10)24-9-23-11/h2-3,6-7H,4-5,8-9H2,1H3,(H,17,19). The van der Waals surface area contributed by atoms with Gasteiger partial charge in [-0.2, -0.15) is 0 Å². The van der Waals surface area contributed by atoms with Gasteiger partial charge in [0.2, 0.25) is 12.7 Å². The molecule has 3 amide bonds. The van der Waals surface area contributed by atoms with Crippen molar-refractivity contribution in [2.45, 2.75) is 0 Å². The number of nitrogens with zero attached hydrogens (tertiary/aromatic N) is 1. The molecule has 0 aliphatic carbocycles. The number of hydrogen-bond acceptors (Lipinski definition) is 7. The highest BCUT2D eigenvalue weighted by molar-refractivity contribution is 8.18. The number of hydrogen-bond donors (Lipinski definition) is 1. The van der Waals surface area contributed by atoms with Gasteiger partial charge in [-0.25, -0.2) is 0 Å². The Bertz CT molecular complexity index is 748. The Kier molecular flexibility index (Phi) is 5.25. The van der Waals surface area contributed by atoms with E-state index in [1.807, 2.05) is 0 Å². The van der Waals surface area contributed by atoms with Crippen molar-refractivity contribution in [2.75, 3.05) is 33.6 Å². The van der Waals surface area contributed by atoms with Crippen LogP contribution in [0, 0.1) is 0 Å². The monoisotopic (exact) mass is 364 g/mol. The highest BCUT2D eigenvalue weighted by Gasteiger charge is 2.34. The van der Waals surface area contributed by atoms with Crippen molar-refractivity contribution in [3.8, 4) is 11.5 Å². The van der Waals surface area contributed by atoms with Gasteiger partial charge < -0.3 is 19.5 Å². The molecule has 0 atom stereocenters. The van der Waals surface area contributed by atoms with Gasteiger partial charge in [0, 0.05) is 20.2 Å². The number of ether oxygens (including phenoxy) is 3. The van der Waals surface area contributed by atoms with Crippen molar-refractivity contribution in [1.82, 2.24) is 10.2 Å². The van der Waals surface area contributed by atoms with E-state index in [0.717, 1.165) is 22.2 Å². The topological polar surface area (TPSA) is 94.2 Å². The lowest BCUT2D eigenvalue weighted by Crippen LogP contribution is -2.38. The summed E-state index contributed by atoms with van der Waals surface area (Å²) in [5.41, 5.74) is 0.739. The van der Waals surface area contributed by atoms with Gasteiger partial charge in [-0.15, -0.1) is 0 Å². The number of benzene rings is 1. The number of thioether (sulfide) groups is 1. The molecule has 3 rings (SSSR count). The van der Waals surface area contributed by atoms with Crippen molar-refractivity contribution in [1.29, 1.82) is 0 Å². The number of methoxy groups -OCH3 is 1. The first kappa shape index (κ1) is 17.3. The van der Waals surface area contributed by atoms with Crippen molar-refractivity contribution >= 4 is 34.9 Å². The van der Waals surface area contributed by atoms with Gasteiger partial charge in [0.1, 0.15) is 6.61 Å². The maximum absolute atomic E-state index is 12.4. The molecule has 0 unspecified atom stereocenters. The van der Waals surface area contributed by atoms with E-state index in [0.29, 0.717) is 16.4 Å². The minimum Gasteiger partial charge on any atom is -0.454 e. The molecule has 2 aliphatic heterocycles. The predicted octanol–water partition coefficient (Wildman–Crippen LogP) is 1.21. The van der Waals surface area contributed by atoms with E-state index >= 15 is 0 Å². The molecule has 0 aromatic heterocycles. The van der Waals surface area contributed by atoms with E-state index in [2.05, 4.69) is 5.32 Å². The Balaban J connectivity index is 1.63. The molecule has 2 aliphatic rings. The first-order valence-electron chi connectivity index (χ1n) is 7.49. The molecule has 132 valence electrons. The van der Waals surface area contributed by atoms with Crippen LogP contribution >= 0.6 is 11.8 Å². The Morgan fingerprint density at radius 2 is 2.16 bits per heavy atom. The lowest BCUT2D eigenvalue weighted by atomic mass is 10.2. The third-order valence-electron chi connectivity index (χ3n) is 3.50. The van der Waals surface area contributed by atoms with Crippen LogP contribution in [0.2, 0.25) is 0 Å². The van der Waals surface area contributed by atoms with Gasteiger partial charge in [-0.1, -0.05) is 6.07 Å². The van der Waals surface area contributed by atoms with Gasteiger partial charge in [0.05, 0.1) is 4.91 Å². The second kappa shape index (κ2) is 7.58. The molecule has 0 saturated carbocycles. The number of amides is 3. The van der Waals surface area contributed by atoms with Crippen LogP contribution < -0.4 is 14.8 Å². The average Bonchev–Trinajstić information content (AvgIpc) is 3.14. The molecule has 9 heteroatoms. The first-order valence-corrected chi connectivity index (χ1v) is 8.31. The lowest BCUT2D eigenvalue weighted by Gasteiger charge is -2.12. The van der Waals surface area contributed by atoms with E-state index < -0.39 is 0 Å². The second-order valence-corrected chi connectivity index (χ2v) is 6.22. The minimum absolute atomic E-state index is 0.0636. The summed E-state index contributed by atoms with van der Waals surface area (Å²) in [6.07, 6.45) is 1.64. The average molecular weight is 364 g/mol. The van der Waals surface area contributed by atoms with Crippen LogP contribution in [0.15, 0.2) is 23.1 Å². The fraction of sp³-hybridized carbons (Fsp3) is 0.312. The molecular weight excluding hydrogens is 348 g/mol. The van der Waals surface area contributed by atoms with Crippen molar-refractivity contribution in [3.63, 3.8) is 0 Å². The third kappa shape index (κ3) is 3.94. The molecule has 0 radical (unpaired) electrons. The lowest BCUT2D eigenvalue weighted by molar-refractivity contribution is -0.126. The first-order chi connectivity index (χ1) is 12.1. The number of imide groups is 1. The normalized spacial score (nSPS) is 17.5. The molecule has 1 aromatic rings. The maximum atomic E-state index is 12.4. The summed E-state index contributed by atoms with van der Waals surface area (Å²) in [6.45, 7) is 0.395. The zero-order valence-electron chi connectivity index (χ0n) is 13.4. The van der Waals surface area contributed by atoms with Crippen LogP contribution in [0.5, 0.6) is 11.5 Å². The Morgan fingerprint density at radius 3 is 2.96 bits per heavy atom. The van der Waals surface area contributed by atoms with Crippen molar-refractivity contribution in [3.05, 3.63) is 28.7 Å². The fourth-order valence-electron chi connectivity index (χ4n) is 2.34. The van der Waals surface area contributed by atoms with Crippen LogP contribution in [0.3, 0.4) is 0 Å². The van der Waals surface area contributed by atoms with Crippen molar-refractivity contribution in [2.24, 2.45) is 0 Å². The zero-order chi connectivity index (χ0) is 17.8. The smallest absolute Gasteiger partial charge is 0.293 e. The summed E-state index contributed by atoms with van der Waals surface area (Å²) in [4.78, 5) is 37.1. The molecule has 0 bridgehead atoms. The van der Waals surface area contributed by atoms with Gasteiger partial charge in [-0.3, -0.25) is 19.3 Å². The predicted molar refractivity (Wildman–Crippen MR) is 90.1 cm³/mol. The van der Waals surface area contributed by atoms with Crippen LogP contribution in [-0.4, -0.2) is 55.6 Å². The molecule has 1 aromatic carbocycles. The molecule has 2 heterocycles. The van der Waals surface area contributed by atoms with Crippen LogP contribution in [0.4, 0.5) is 4.79 Å². The largest absolute Gasteiger partial charge is 0.454 e. The maximum Gasteiger partial charge on any atom is 0.293 e. The van der Waals surface area contributed by atoms with Crippen LogP contribution in [0.1, 0.15) is 5.56 Å². The quantitative estimate of drug-likeness (QED) is 0.758. The Morgan fingerprint density at radius 1 is 1.36 bits per heavy atom. The Hall–Kier alpha value is -2.52. The number of carbonyl (C=O) groups excluding carboxylic acids is 3. The molecule has 0 spiro atoms. The van der Waals surface area contributed by atoms with Gasteiger partial charge in [-0.05, 0) is 35.5 Å². The van der Waals surface area contributed by atoms with E-state index in [9.17, 15) is 14.4 Å². The molecule has 8 nitrogen and oxygen atoms in total. The van der Waals surface area contributed by atoms with Crippen LogP contribution in [-0.2, 0) is 14.3 Å². The summed E-state index contributed by atoms with van der Waals surface area (Å²) >= 11 is 0.868. The van der Waals surface area contributed by atoms with Gasteiger partial charge >= 0.3 is 0 Å². The molecule has 1 N–H and O–H groups in total. The fourth-order valence-corrected chi connectivity index (χ4v) is 3.20. The Labute approximate surface area is 148 Å². The third-order valence-corrected chi connectivity index (χ3v) is 4.41. The van der Waals surface area contributed by atoms with Gasteiger partial charge in [0.25, 0.3) is 11.1 Å². The summed E-state index contributed by atoms with van der Waals surface area (Å²) in [5.74, 6) is 0.574. The number of rotatable bonds is 6. The summed E-state index contributed by atoms with van der Waals surface area (Å²) in [7, 11) is 1.41. The number of fused-ring (bicyclic) bond motifs is 1. The molecule has 1 fully saturated rings. The molecular formula is C16H16N2O6S. The summed E-state index contributed by atoms with van der Waals surface area (Å²) in [6, 6.07) is 5.29. The van der Waals surface area contributed by atoms with E-state index in [-0.39, 0.29) is 43.5 Å². The number of nitrogens with one attached hydrogen (secondary N) is 1. The molecule has 1 saturated heterocycles. The van der Waals surface area contributed by atoms with E-state index in [1.54, 1.807) is 24.3 Å². The van der Waals surface area contributed by atoms with Gasteiger partial charge in [0.15, 0.2) is 11.5 Å². The van der Waals surface area contributed by atoms with E-state index in [1.165, 1.54) is 7.11 Å². The van der Waals surface area contributed by atoms with Crippen molar-refractivity contribution < 1.29 is 28.6 Å². The SMILES string of the molecule is COCC(=O)NCCN1C(=O)SC(=Cc2ccc3c(c2)OCO3)C1=O. The van der Waals surface area contributed by atoms with E-state index in [4.69, 9.17) is 14.2 Å². The highest BCUT2D eigenvalue weighted by atomic mass is 32.2. The minimum atomic E-state index is -0.381. The summed E-state index contributed by atoms with van der Waals surface area (Å²) < 4.78 is 15.2. The molecule has 25 heavy (non-hydrogen) atoms. The zero-order valence-corrected chi connectivity index (χ0v) is 14.3. The highest BCUT2D eigenvalue weighted by Crippen LogP contribution is 2.36.